The molecular formula is C13H15ClN2O5. The van der Waals surface area contributed by atoms with Crippen LogP contribution in [0.3, 0.4) is 0 Å². The van der Waals surface area contributed by atoms with Gasteiger partial charge in [-0.2, -0.15) is 0 Å². The van der Waals surface area contributed by atoms with Crippen molar-refractivity contribution in [2.75, 3.05) is 26.8 Å². The van der Waals surface area contributed by atoms with Crippen LogP contribution in [0.5, 0.6) is 5.75 Å². The fourth-order valence-corrected chi connectivity index (χ4v) is 1.39. The van der Waals surface area contributed by atoms with E-state index in [1.54, 1.807) is 24.3 Å². The number of esters is 1. The Morgan fingerprint density at radius 1 is 1.19 bits per heavy atom. The third kappa shape index (κ3) is 7.17. The van der Waals surface area contributed by atoms with E-state index in [1.165, 1.54) is 7.05 Å². The van der Waals surface area contributed by atoms with E-state index in [9.17, 15) is 14.4 Å². The molecule has 21 heavy (non-hydrogen) atoms. The number of likely N-dealkylation sites (N-methyl/N-ethyl adjacent to an activating group) is 1. The van der Waals surface area contributed by atoms with Crippen molar-refractivity contribution in [3.8, 4) is 5.75 Å². The first-order valence-corrected chi connectivity index (χ1v) is 6.40. The first kappa shape index (κ1) is 16.8. The lowest BCUT2D eigenvalue weighted by atomic mass is 10.3. The number of hydrogen-bond donors (Lipinski definition) is 2. The Morgan fingerprint density at radius 3 is 2.62 bits per heavy atom. The lowest BCUT2D eigenvalue weighted by molar-refractivity contribution is -0.150. The third-order valence-electron chi connectivity index (χ3n) is 2.24. The van der Waals surface area contributed by atoms with Gasteiger partial charge in [0.1, 0.15) is 5.75 Å². The fourth-order valence-electron chi connectivity index (χ4n) is 1.21. The number of nitrogens with one attached hydrogen (secondary N) is 2. The summed E-state index contributed by atoms with van der Waals surface area (Å²) in [7, 11) is 1.45. The molecule has 0 unspecified atom stereocenters. The first-order chi connectivity index (χ1) is 10.0. The molecule has 0 saturated carbocycles. The summed E-state index contributed by atoms with van der Waals surface area (Å²) < 4.78 is 9.82. The number of halogens is 1. The normalized spacial score (nSPS) is 9.62. The lowest BCUT2D eigenvalue weighted by Gasteiger charge is -2.07. The van der Waals surface area contributed by atoms with Crippen molar-refractivity contribution in [3.63, 3.8) is 0 Å². The van der Waals surface area contributed by atoms with E-state index < -0.39 is 18.5 Å². The number of benzene rings is 1. The molecule has 2 amide bonds. The Balaban J connectivity index is 2.22. The van der Waals surface area contributed by atoms with Crippen molar-refractivity contribution in [1.29, 1.82) is 0 Å². The maximum atomic E-state index is 11.4. The van der Waals surface area contributed by atoms with Gasteiger partial charge in [0.05, 0.1) is 6.54 Å². The van der Waals surface area contributed by atoms with Crippen LogP contribution >= 0.6 is 11.6 Å². The molecule has 2 N–H and O–H groups in total. The Hall–Kier alpha value is -2.28. The molecule has 7 nitrogen and oxygen atoms in total. The molecule has 1 aromatic rings. The van der Waals surface area contributed by atoms with Gasteiger partial charge >= 0.3 is 5.97 Å². The highest BCUT2D eigenvalue weighted by atomic mass is 35.5. The van der Waals surface area contributed by atoms with Crippen LogP contribution in [0.2, 0.25) is 5.02 Å². The Kier molecular flexibility index (Phi) is 7.03. The Morgan fingerprint density at radius 2 is 1.95 bits per heavy atom. The summed E-state index contributed by atoms with van der Waals surface area (Å²) in [6.07, 6.45) is 0. The predicted molar refractivity (Wildman–Crippen MR) is 75.0 cm³/mol. The van der Waals surface area contributed by atoms with Crippen LogP contribution in [0.15, 0.2) is 24.3 Å². The summed E-state index contributed by atoms with van der Waals surface area (Å²) >= 11 is 5.75. The smallest absolute Gasteiger partial charge is 0.344 e. The average Bonchev–Trinajstić information content (AvgIpc) is 2.48. The van der Waals surface area contributed by atoms with Crippen molar-refractivity contribution >= 4 is 29.4 Å². The van der Waals surface area contributed by atoms with Crippen LogP contribution in [0.25, 0.3) is 0 Å². The maximum absolute atomic E-state index is 11.4. The maximum Gasteiger partial charge on any atom is 0.344 e. The number of carbonyl (C=O) groups excluding carboxylic acids is 3. The molecular weight excluding hydrogens is 300 g/mol. The summed E-state index contributed by atoms with van der Waals surface area (Å²) in [4.78, 5) is 33.5. The summed E-state index contributed by atoms with van der Waals surface area (Å²) in [6.45, 7) is -0.996. The summed E-state index contributed by atoms with van der Waals surface area (Å²) in [5, 5.41) is 5.10. The quantitative estimate of drug-likeness (QED) is 0.697. The van der Waals surface area contributed by atoms with Crippen molar-refractivity contribution in [3.05, 3.63) is 29.3 Å². The van der Waals surface area contributed by atoms with Gasteiger partial charge in [-0.3, -0.25) is 9.59 Å². The largest absolute Gasteiger partial charge is 0.482 e. The second kappa shape index (κ2) is 8.80. The minimum Gasteiger partial charge on any atom is -0.482 e. The summed E-state index contributed by atoms with van der Waals surface area (Å²) in [5.74, 6) is -1.21. The summed E-state index contributed by atoms with van der Waals surface area (Å²) in [6, 6.07) is 6.53. The van der Waals surface area contributed by atoms with Crippen LogP contribution in [-0.2, 0) is 19.1 Å². The number of ether oxygens (including phenoxy) is 2. The molecule has 8 heteroatoms. The van der Waals surface area contributed by atoms with Crippen molar-refractivity contribution in [2.24, 2.45) is 0 Å². The van der Waals surface area contributed by atoms with Gasteiger partial charge in [0.2, 0.25) is 5.91 Å². The second-order valence-electron chi connectivity index (χ2n) is 3.86. The molecule has 0 aliphatic rings. The lowest BCUT2D eigenvalue weighted by Crippen LogP contribution is -2.37. The highest BCUT2D eigenvalue weighted by Crippen LogP contribution is 2.16. The SMILES string of the molecule is CNC(=O)CNC(=O)COC(=O)COc1cccc(Cl)c1. The predicted octanol–water partition coefficient (Wildman–Crippen LogP) is 0.124. The van der Waals surface area contributed by atoms with E-state index in [-0.39, 0.29) is 19.1 Å². The minimum absolute atomic E-state index is 0.175. The highest BCUT2D eigenvalue weighted by Gasteiger charge is 2.09. The molecule has 0 aliphatic carbocycles. The highest BCUT2D eigenvalue weighted by molar-refractivity contribution is 6.30. The van der Waals surface area contributed by atoms with Gasteiger partial charge in [-0.1, -0.05) is 17.7 Å². The Labute approximate surface area is 126 Å². The van der Waals surface area contributed by atoms with Gasteiger partial charge in [0.25, 0.3) is 5.91 Å². The molecule has 1 aromatic carbocycles. The van der Waals surface area contributed by atoms with E-state index in [0.717, 1.165) is 0 Å². The average molecular weight is 315 g/mol. The summed E-state index contributed by atoms with van der Waals surface area (Å²) in [5.41, 5.74) is 0. The van der Waals surface area contributed by atoms with Gasteiger partial charge in [-0.05, 0) is 18.2 Å². The van der Waals surface area contributed by atoms with Gasteiger partial charge in [-0.25, -0.2) is 4.79 Å². The number of hydrogen-bond acceptors (Lipinski definition) is 5. The molecule has 0 heterocycles. The van der Waals surface area contributed by atoms with Gasteiger partial charge in [0, 0.05) is 12.1 Å². The third-order valence-corrected chi connectivity index (χ3v) is 2.48. The zero-order valence-electron chi connectivity index (χ0n) is 11.3. The zero-order chi connectivity index (χ0) is 15.7. The van der Waals surface area contributed by atoms with E-state index in [1.807, 2.05) is 0 Å². The van der Waals surface area contributed by atoms with Gasteiger partial charge in [0.15, 0.2) is 13.2 Å². The van der Waals surface area contributed by atoms with Crippen molar-refractivity contribution in [2.45, 2.75) is 0 Å². The molecule has 1 rings (SSSR count). The molecule has 0 aromatic heterocycles. The second-order valence-corrected chi connectivity index (χ2v) is 4.29. The Bertz CT molecular complexity index is 521. The number of carbonyl (C=O) groups is 3. The van der Waals surface area contributed by atoms with Crippen LogP contribution < -0.4 is 15.4 Å². The van der Waals surface area contributed by atoms with E-state index >= 15 is 0 Å². The zero-order valence-corrected chi connectivity index (χ0v) is 12.1. The van der Waals surface area contributed by atoms with Crippen molar-refractivity contribution < 1.29 is 23.9 Å². The molecule has 0 spiro atoms. The molecule has 0 aliphatic heterocycles. The van der Waals surface area contributed by atoms with Crippen LogP contribution in [0.1, 0.15) is 0 Å². The van der Waals surface area contributed by atoms with Gasteiger partial charge in [-0.15, -0.1) is 0 Å². The van der Waals surface area contributed by atoms with Crippen LogP contribution in [0, 0.1) is 0 Å². The van der Waals surface area contributed by atoms with Crippen molar-refractivity contribution in [1.82, 2.24) is 10.6 Å². The molecule has 114 valence electrons. The van der Waals surface area contributed by atoms with E-state index in [0.29, 0.717) is 10.8 Å². The van der Waals surface area contributed by atoms with Crippen LogP contribution in [0.4, 0.5) is 0 Å². The fraction of sp³-hybridized carbons (Fsp3) is 0.308. The van der Waals surface area contributed by atoms with Crippen LogP contribution in [-0.4, -0.2) is 44.6 Å². The first-order valence-electron chi connectivity index (χ1n) is 6.02. The van der Waals surface area contributed by atoms with E-state index in [2.05, 4.69) is 15.4 Å². The monoisotopic (exact) mass is 314 g/mol. The minimum atomic E-state index is -0.704. The van der Waals surface area contributed by atoms with E-state index in [4.69, 9.17) is 16.3 Å². The molecule has 0 radical (unpaired) electrons. The molecule has 0 atom stereocenters. The standard InChI is InChI=1S/C13H15ClN2O5/c1-15-11(17)6-16-12(18)7-21-13(19)8-20-10-4-2-3-9(14)5-10/h2-5H,6-8H2,1H3,(H,15,17)(H,16,18). The number of amides is 2. The topological polar surface area (TPSA) is 93.7 Å². The van der Waals surface area contributed by atoms with Gasteiger partial charge < -0.3 is 20.1 Å². The molecule has 0 bridgehead atoms. The number of rotatable bonds is 7. The molecule has 0 saturated heterocycles. The molecule has 0 fully saturated rings.